The van der Waals surface area contributed by atoms with Crippen molar-refractivity contribution < 1.29 is 22.8 Å². The average Bonchev–Trinajstić information content (AvgIpc) is 3.25. The predicted octanol–water partition coefficient (Wildman–Crippen LogP) is 6.00. The van der Waals surface area contributed by atoms with Crippen LogP contribution < -0.4 is 10.2 Å². The number of nitrogens with one attached hydrogen (secondary N) is 1. The number of hydrogen-bond acceptors (Lipinski definition) is 4. The molecule has 0 radical (unpaired) electrons. The highest BCUT2D eigenvalue weighted by molar-refractivity contribution is 7.14. The van der Waals surface area contributed by atoms with Crippen molar-refractivity contribution in [2.24, 2.45) is 0 Å². The van der Waals surface area contributed by atoms with Crippen LogP contribution in [0.3, 0.4) is 0 Å². The van der Waals surface area contributed by atoms with Crippen molar-refractivity contribution >= 4 is 40.0 Å². The van der Waals surface area contributed by atoms with Crippen molar-refractivity contribution in [1.82, 2.24) is 10.3 Å². The fourth-order valence-electron chi connectivity index (χ4n) is 3.26. The van der Waals surface area contributed by atoms with Gasteiger partial charge in [-0.15, -0.1) is 11.3 Å². The van der Waals surface area contributed by atoms with Gasteiger partial charge in [0.15, 0.2) is 5.13 Å². The molecule has 0 saturated heterocycles. The summed E-state index contributed by atoms with van der Waals surface area (Å²) in [6, 6.07) is 14.5. The lowest BCUT2D eigenvalue weighted by molar-refractivity contribution is -0.137. The summed E-state index contributed by atoms with van der Waals surface area (Å²) in [6.45, 7) is 3.18. The quantitative estimate of drug-likeness (QED) is 0.397. The van der Waals surface area contributed by atoms with Gasteiger partial charge in [0.2, 0.25) is 11.8 Å². The molecule has 0 spiro atoms. The number of carbonyl (C=O) groups is 2. The molecule has 178 valence electrons. The third kappa shape index (κ3) is 7.02. The van der Waals surface area contributed by atoms with Crippen LogP contribution in [0.1, 0.15) is 37.1 Å². The third-order valence-corrected chi connectivity index (χ3v) is 5.79. The number of aromatic nitrogens is 1. The molecule has 3 rings (SSSR count). The van der Waals surface area contributed by atoms with E-state index < -0.39 is 17.6 Å². The van der Waals surface area contributed by atoms with Gasteiger partial charge in [0.1, 0.15) is 0 Å². The number of nitrogens with zero attached hydrogens (tertiary/aromatic N) is 2. The van der Waals surface area contributed by atoms with Crippen LogP contribution in [0.25, 0.3) is 6.08 Å². The summed E-state index contributed by atoms with van der Waals surface area (Å²) in [5.41, 5.74) is 0.832. The van der Waals surface area contributed by atoms with Gasteiger partial charge in [-0.25, -0.2) is 4.98 Å². The lowest BCUT2D eigenvalue weighted by atomic mass is 10.1. The predicted molar refractivity (Wildman–Crippen MR) is 128 cm³/mol. The van der Waals surface area contributed by atoms with Gasteiger partial charge in [0.25, 0.3) is 0 Å². The molecule has 2 aromatic carbocycles. The average molecular weight is 488 g/mol. The summed E-state index contributed by atoms with van der Waals surface area (Å²) in [5, 5.41) is 4.73. The van der Waals surface area contributed by atoms with Crippen LogP contribution in [0.5, 0.6) is 0 Å². The van der Waals surface area contributed by atoms with Gasteiger partial charge in [-0.05, 0) is 49.6 Å². The highest BCUT2D eigenvalue weighted by Gasteiger charge is 2.31. The first-order valence-electron chi connectivity index (χ1n) is 10.6. The molecule has 5 nitrogen and oxygen atoms in total. The zero-order valence-corrected chi connectivity index (χ0v) is 19.5. The Bertz CT molecular complexity index is 1160. The van der Waals surface area contributed by atoms with E-state index in [9.17, 15) is 22.8 Å². The van der Waals surface area contributed by atoms with E-state index >= 15 is 0 Å². The second-order valence-electron chi connectivity index (χ2n) is 7.72. The molecule has 1 aromatic heterocycles. The first-order valence-corrected chi connectivity index (χ1v) is 11.5. The van der Waals surface area contributed by atoms with Crippen molar-refractivity contribution in [1.29, 1.82) is 0 Å². The van der Waals surface area contributed by atoms with E-state index in [0.717, 1.165) is 41.2 Å². The molecule has 0 saturated carbocycles. The Kier molecular flexibility index (Phi) is 8.22. The van der Waals surface area contributed by atoms with E-state index in [1.54, 1.807) is 5.38 Å². The number of thiazole rings is 1. The van der Waals surface area contributed by atoms with Crippen LogP contribution in [0.2, 0.25) is 0 Å². The molecule has 0 aliphatic heterocycles. The topological polar surface area (TPSA) is 62.3 Å². The molecule has 1 N–H and O–H groups in total. The maximum atomic E-state index is 13.1. The number of amides is 2. The number of halogens is 3. The van der Waals surface area contributed by atoms with Crippen LogP contribution in [0.4, 0.5) is 24.0 Å². The maximum absolute atomic E-state index is 13.1. The van der Waals surface area contributed by atoms with Crippen molar-refractivity contribution in [3.63, 3.8) is 0 Å². The first-order chi connectivity index (χ1) is 16.1. The summed E-state index contributed by atoms with van der Waals surface area (Å²) < 4.78 is 39.2. The van der Waals surface area contributed by atoms with E-state index in [1.165, 1.54) is 36.8 Å². The summed E-state index contributed by atoms with van der Waals surface area (Å²) in [6.07, 6.45) is -0.0440. The van der Waals surface area contributed by atoms with Gasteiger partial charge >= 0.3 is 6.18 Å². The number of alkyl halides is 3. The highest BCUT2D eigenvalue weighted by Crippen LogP contribution is 2.35. The van der Waals surface area contributed by atoms with E-state index in [0.29, 0.717) is 5.69 Å². The van der Waals surface area contributed by atoms with E-state index in [4.69, 9.17) is 0 Å². The normalized spacial score (nSPS) is 12.5. The van der Waals surface area contributed by atoms with Gasteiger partial charge in [-0.3, -0.25) is 14.5 Å². The Morgan fingerprint density at radius 3 is 2.56 bits per heavy atom. The molecule has 1 heterocycles. The molecular weight excluding hydrogens is 463 g/mol. The van der Waals surface area contributed by atoms with Crippen molar-refractivity contribution in [3.8, 4) is 0 Å². The molecule has 3 aromatic rings. The fourth-order valence-corrected chi connectivity index (χ4v) is 4.11. The molecule has 34 heavy (non-hydrogen) atoms. The standard InChI is InChI=1S/C25H24F3N3O2S/c1-17(11-12-19-7-4-3-5-8-19)29-23(33)14-13-21-16-34-24(30-21)31(18(2)32)22-10-6-9-20(15-22)25(26,27)28/h3-10,13-17H,11-12H2,1-2H3,(H,29,33)/b14-13+. The number of hydrogen-bond donors (Lipinski definition) is 1. The molecule has 9 heteroatoms. The Morgan fingerprint density at radius 1 is 1.15 bits per heavy atom. The van der Waals surface area contributed by atoms with Crippen molar-refractivity contribution in [2.75, 3.05) is 4.90 Å². The molecular formula is C25H24F3N3O2S. The molecule has 0 aliphatic carbocycles. The van der Waals surface area contributed by atoms with Gasteiger partial charge in [0, 0.05) is 24.4 Å². The SMILES string of the molecule is CC(=O)N(c1cccc(C(F)(F)F)c1)c1nc(/C=C/C(=O)NC(C)CCc2ccccc2)cs1. The minimum Gasteiger partial charge on any atom is -0.350 e. The number of carbonyl (C=O) groups excluding carboxylic acids is 2. The Hall–Kier alpha value is -3.46. The minimum atomic E-state index is -4.53. The Morgan fingerprint density at radius 2 is 1.88 bits per heavy atom. The second kappa shape index (κ2) is 11.1. The summed E-state index contributed by atoms with van der Waals surface area (Å²) in [5.74, 6) is -0.759. The van der Waals surface area contributed by atoms with Gasteiger partial charge in [-0.1, -0.05) is 36.4 Å². The van der Waals surface area contributed by atoms with Crippen LogP contribution in [0, 0.1) is 0 Å². The molecule has 1 unspecified atom stereocenters. The smallest absolute Gasteiger partial charge is 0.350 e. The maximum Gasteiger partial charge on any atom is 0.416 e. The second-order valence-corrected chi connectivity index (χ2v) is 8.56. The van der Waals surface area contributed by atoms with Gasteiger partial charge in [0.05, 0.1) is 16.9 Å². The fraction of sp³-hybridized carbons (Fsp3) is 0.240. The van der Waals surface area contributed by atoms with E-state index in [-0.39, 0.29) is 22.8 Å². The number of aryl methyl sites for hydroxylation is 1. The summed E-state index contributed by atoms with van der Waals surface area (Å²) >= 11 is 1.10. The first kappa shape index (κ1) is 25.2. The number of benzene rings is 2. The molecule has 0 bridgehead atoms. The molecule has 0 aliphatic rings. The number of anilines is 2. The van der Waals surface area contributed by atoms with Gasteiger partial charge < -0.3 is 5.32 Å². The Labute approximate surface area is 199 Å². The summed E-state index contributed by atoms with van der Waals surface area (Å²) in [7, 11) is 0. The zero-order valence-electron chi connectivity index (χ0n) is 18.7. The van der Waals surface area contributed by atoms with Crippen LogP contribution in [-0.4, -0.2) is 22.8 Å². The van der Waals surface area contributed by atoms with Crippen LogP contribution in [0.15, 0.2) is 66.1 Å². The monoisotopic (exact) mass is 487 g/mol. The lowest BCUT2D eigenvalue weighted by Crippen LogP contribution is -2.31. The zero-order chi connectivity index (χ0) is 24.7. The summed E-state index contributed by atoms with van der Waals surface area (Å²) in [4.78, 5) is 29.9. The Balaban J connectivity index is 1.64. The number of rotatable bonds is 8. The van der Waals surface area contributed by atoms with E-state index in [2.05, 4.69) is 10.3 Å². The van der Waals surface area contributed by atoms with Crippen molar-refractivity contribution in [3.05, 3.63) is 82.9 Å². The molecule has 1 atom stereocenters. The van der Waals surface area contributed by atoms with Gasteiger partial charge in [-0.2, -0.15) is 13.2 Å². The molecule has 0 fully saturated rings. The van der Waals surface area contributed by atoms with E-state index in [1.807, 2.05) is 37.3 Å². The third-order valence-electron chi connectivity index (χ3n) is 4.95. The highest BCUT2D eigenvalue weighted by atomic mass is 32.1. The lowest BCUT2D eigenvalue weighted by Gasteiger charge is -2.19. The van der Waals surface area contributed by atoms with Crippen molar-refractivity contribution in [2.45, 2.75) is 38.9 Å². The van der Waals surface area contributed by atoms with Crippen LogP contribution >= 0.6 is 11.3 Å². The van der Waals surface area contributed by atoms with Crippen LogP contribution in [-0.2, 0) is 22.2 Å². The minimum absolute atomic E-state index is 0.0301. The largest absolute Gasteiger partial charge is 0.416 e. The molecule has 2 amide bonds.